The summed E-state index contributed by atoms with van der Waals surface area (Å²) in [4.78, 5) is 11.6. The average molecular weight is 228 g/mol. The molecule has 0 saturated heterocycles. The summed E-state index contributed by atoms with van der Waals surface area (Å²) in [5, 5.41) is 2.92. The SMILES string of the molecule is CC(C)(C)OC(=O)N[C@@H]1CCC[C@@H](CN)C1. The number of nitrogens with one attached hydrogen (secondary N) is 1. The highest BCUT2D eigenvalue weighted by atomic mass is 16.6. The van der Waals surface area contributed by atoms with Gasteiger partial charge in [-0.1, -0.05) is 6.42 Å². The second-order valence-electron chi connectivity index (χ2n) is 5.61. The van der Waals surface area contributed by atoms with Crippen molar-refractivity contribution in [2.45, 2.75) is 58.1 Å². The Labute approximate surface area is 97.9 Å². The number of hydrogen-bond donors (Lipinski definition) is 2. The number of carbonyl (C=O) groups excluding carboxylic acids is 1. The van der Waals surface area contributed by atoms with Gasteiger partial charge in [-0.05, 0) is 52.5 Å². The molecule has 94 valence electrons. The molecular formula is C12H24N2O2. The van der Waals surface area contributed by atoms with Crippen LogP contribution in [0.15, 0.2) is 0 Å². The Morgan fingerprint density at radius 2 is 2.12 bits per heavy atom. The molecule has 0 radical (unpaired) electrons. The number of hydrogen-bond acceptors (Lipinski definition) is 3. The Morgan fingerprint density at radius 1 is 1.44 bits per heavy atom. The molecule has 3 N–H and O–H groups in total. The lowest BCUT2D eigenvalue weighted by molar-refractivity contribution is 0.0485. The molecule has 0 heterocycles. The summed E-state index contributed by atoms with van der Waals surface area (Å²) in [7, 11) is 0. The number of ether oxygens (including phenoxy) is 1. The van der Waals surface area contributed by atoms with Gasteiger partial charge in [0.25, 0.3) is 0 Å². The van der Waals surface area contributed by atoms with Gasteiger partial charge in [-0.15, -0.1) is 0 Å². The molecule has 1 amide bonds. The van der Waals surface area contributed by atoms with Crippen LogP contribution in [-0.4, -0.2) is 24.3 Å². The van der Waals surface area contributed by atoms with E-state index in [-0.39, 0.29) is 12.1 Å². The van der Waals surface area contributed by atoms with Crippen molar-refractivity contribution in [3.8, 4) is 0 Å². The van der Waals surface area contributed by atoms with Gasteiger partial charge < -0.3 is 15.8 Å². The van der Waals surface area contributed by atoms with E-state index in [9.17, 15) is 4.79 Å². The van der Waals surface area contributed by atoms with Crippen LogP contribution in [0.4, 0.5) is 4.79 Å². The zero-order valence-corrected chi connectivity index (χ0v) is 10.6. The maximum absolute atomic E-state index is 11.6. The predicted octanol–water partition coefficient (Wildman–Crippen LogP) is 2.03. The van der Waals surface area contributed by atoms with Gasteiger partial charge in [-0.2, -0.15) is 0 Å². The van der Waals surface area contributed by atoms with Crippen molar-refractivity contribution in [3.63, 3.8) is 0 Å². The fraction of sp³-hybridized carbons (Fsp3) is 0.917. The third-order valence-corrected chi connectivity index (χ3v) is 2.84. The van der Waals surface area contributed by atoms with Crippen molar-refractivity contribution in [1.29, 1.82) is 0 Å². The molecule has 1 aliphatic carbocycles. The maximum atomic E-state index is 11.6. The summed E-state index contributed by atoms with van der Waals surface area (Å²) in [6.45, 7) is 6.33. The largest absolute Gasteiger partial charge is 0.444 e. The first-order valence-electron chi connectivity index (χ1n) is 6.10. The molecule has 2 atom stereocenters. The molecule has 1 fully saturated rings. The topological polar surface area (TPSA) is 64.3 Å². The van der Waals surface area contributed by atoms with Crippen molar-refractivity contribution in [2.24, 2.45) is 11.7 Å². The molecule has 0 spiro atoms. The second kappa shape index (κ2) is 5.53. The Bertz CT molecular complexity index is 236. The Kier molecular flexibility index (Phi) is 4.59. The molecule has 4 heteroatoms. The first-order valence-corrected chi connectivity index (χ1v) is 6.10. The van der Waals surface area contributed by atoms with E-state index >= 15 is 0 Å². The van der Waals surface area contributed by atoms with Crippen molar-refractivity contribution in [2.75, 3.05) is 6.54 Å². The van der Waals surface area contributed by atoms with Crippen LogP contribution in [0, 0.1) is 5.92 Å². The summed E-state index contributed by atoms with van der Waals surface area (Å²) in [5.41, 5.74) is 5.23. The van der Waals surface area contributed by atoms with Crippen LogP contribution < -0.4 is 11.1 Å². The van der Waals surface area contributed by atoms with Crippen molar-refractivity contribution in [1.82, 2.24) is 5.32 Å². The molecule has 0 aromatic heterocycles. The molecule has 1 aliphatic rings. The van der Waals surface area contributed by atoms with E-state index in [2.05, 4.69) is 5.32 Å². The second-order valence-corrected chi connectivity index (χ2v) is 5.61. The van der Waals surface area contributed by atoms with Crippen molar-refractivity contribution >= 4 is 6.09 Å². The van der Waals surface area contributed by atoms with Crippen molar-refractivity contribution in [3.05, 3.63) is 0 Å². The minimum atomic E-state index is -0.425. The van der Waals surface area contributed by atoms with Crippen LogP contribution in [0.25, 0.3) is 0 Å². The predicted molar refractivity (Wildman–Crippen MR) is 64.2 cm³/mol. The molecule has 1 rings (SSSR count). The Balaban J connectivity index is 2.33. The third kappa shape index (κ3) is 4.84. The lowest BCUT2D eigenvalue weighted by Gasteiger charge is -2.30. The minimum Gasteiger partial charge on any atom is -0.444 e. The number of nitrogens with two attached hydrogens (primary N) is 1. The molecule has 16 heavy (non-hydrogen) atoms. The Morgan fingerprint density at radius 3 is 2.69 bits per heavy atom. The summed E-state index contributed by atoms with van der Waals surface area (Å²) < 4.78 is 5.23. The van der Waals surface area contributed by atoms with Crippen molar-refractivity contribution < 1.29 is 9.53 Å². The van der Waals surface area contributed by atoms with Crippen LogP contribution in [-0.2, 0) is 4.74 Å². The first-order chi connectivity index (χ1) is 7.40. The van der Waals surface area contributed by atoms with E-state index in [0.29, 0.717) is 12.5 Å². The van der Waals surface area contributed by atoms with Gasteiger partial charge in [0.15, 0.2) is 0 Å². The number of amides is 1. The highest BCUT2D eigenvalue weighted by molar-refractivity contribution is 5.68. The van der Waals surface area contributed by atoms with Gasteiger partial charge in [0, 0.05) is 6.04 Å². The van der Waals surface area contributed by atoms with Gasteiger partial charge in [-0.25, -0.2) is 4.79 Å². The van der Waals surface area contributed by atoms with Gasteiger partial charge in [0.05, 0.1) is 0 Å². The monoisotopic (exact) mass is 228 g/mol. The van der Waals surface area contributed by atoms with Gasteiger partial charge in [0.2, 0.25) is 0 Å². The minimum absolute atomic E-state index is 0.233. The smallest absolute Gasteiger partial charge is 0.407 e. The molecule has 0 unspecified atom stereocenters. The standard InChI is InChI=1S/C12H24N2O2/c1-12(2,3)16-11(15)14-10-6-4-5-9(7-10)8-13/h9-10H,4-8,13H2,1-3H3,(H,14,15)/t9-,10-/m1/s1. The van der Waals surface area contributed by atoms with E-state index in [1.165, 1.54) is 6.42 Å². The quantitative estimate of drug-likeness (QED) is 0.760. The van der Waals surface area contributed by atoms with E-state index in [0.717, 1.165) is 19.3 Å². The molecule has 0 aliphatic heterocycles. The summed E-state index contributed by atoms with van der Waals surface area (Å²) >= 11 is 0. The first kappa shape index (κ1) is 13.3. The highest BCUT2D eigenvalue weighted by Crippen LogP contribution is 2.23. The molecular weight excluding hydrogens is 204 g/mol. The summed E-state index contributed by atoms with van der Waals surface area (Å²) in [6.07, 6.45) is 4.03. The number of alkyl carbamates (subject to hydrolysis) is 1. The van der Waals surface area contributed by atoms with Gasteiger partial charge in [-0.3, -0.25) is 0 Å². The van der Waals surface area contributed by atoms with Crippen LogP contribution in [0.5, 0.6) is 0 Å². The van der Waals surface area contributed by atoms with Crippen LogP contribution >= 0.6 is 0 Å². The summed E-state index contributed by atoms with van der Waals surface area (Å²) in [6, 6.07) is 0.233. The van der Waals surface area contributed by atoms with Crippen LogP contribution in [0.2, 0.25) is 0 Å². The van der Waals surface area contributed by atoms with E-state index < -0.39 is 5.60 Å². The molecule has 0 bridgehead atoms. The zero-order valence-electron chi connectivity index (χ0n) is 10.6. The van der Waals surface area contributed by atoms with Crippen LogP contribution in [0.1, 0.15) is 46.5 Å². The average Bonchev–Trinajstić information content (AvgIpc) is 2.15. The lowest BCUT2D eigenvalue weighted by atomic mass is 9.86. The summed E-state index contributed by atoms with van der Waals surface area (Å²) in [5.74, 6) is 0.550. The van der Waals surface area contributed by atoms with E-state index in [1.807, 2.05) is 20.8 Å². The molecule has 0 aromatic rings. The third-order valence-electron chi connectivity index (χ3n) is 2.84. The fourth-order valence-corrected chi connectivity index (χ4v) is 2.11. The Hall–Kier alpha value is -0.770. The van der Waals surface area contributed by atoms with E-state index in [4.69, 9.17) is 10.5 Å². The molecule has 4 nitrogen and oxygen atoms in total. The maximum Gasteiger partial charge on any atom is 0.407 e. The van der Waals surface area contributed by atoms with E-state index in [1.54, 1.807) is 0 Å². The number of carbonyl (C=O) groups is 1. The van der Waals surface area contributed by atoms with Crippen LogP contribution in [0.3, 0.4) is 0 Å². The normalized spacial score (nSPS) is 26.2. The molecule has 1 saturated carbocycles. The zero-order chi connectivity index (χ0) is 12.2. The molecule has 0 aromatic carbocycles. The highest BCUT2D eigenvalue weighted by Gasteiger charge is 2.24. The number of rotatable bonds is 2. The van der Waals surface area contributed by atoms with Gasteiger partial charge >= 0.3 is 6.09 Å². The van der Waals surface area contributed by atoms with Gasteiger partial charge in [0.1, 0.15) is 5.60 Å². The fourth-order valence-electron chi connectivity index (χ4n) is 2.11. The lowest BCUT2D eigenvalue weighted by Crippen LogP contribution is -2.42.